The highest BCUT2D eigenvalue weighted by Crippen LogP contribution is 2.25. The van der Waals surface area contributed by atoms with Gasteiger partial charge >= 0.3 is 0 Å². The second-order valence-electron chi connectivity index (χ2n) is 4.45. The first-order chi connectivity index (χ1) is 9.47. The summed E-state index contributed by atoms with van der Waals surface area (Å²) in [6.45, 7) is 4.26. The Morgan fingerprint density at radius 3 is 2.90 bits per heavy atom. The second kappa shape index (κ2) is 6.15. The first-order valence-electron chi connectivity index (χ1n) is 6.06. The van der Waals surface area contributed by atoms with Crippen LogP contribution in [0.5, 0.6) is 0 Å². The van der Waals surface area contributed by atoms with Gasteiger partial charge in [0, 0.05) is 12.6 Å². The van der Waals surface area contributed by atoms with Crippen LogP contribution >= 0.6 is 15.9 Å². The Bertz CT molecular complexity index is 627. The van der Waals surface area contributed by atoms with E-state index in [2.05, 4.69) is 26.2 Å². The molecule has 2 aromatic rings. The maximum atomic E-state index is 10.9. The first kappa shape index (κ1) is 14.7. The fourth-order valence-electron chi connectivity index (χ4n) is 1.74. The molecule has 1 atom stereocenters. The van der Waals surface area contributed by atoms with Crippen LogP contribution in [0.3, 0.4) is 0 Å². The predicted molar refractivity (Wildman–Crippen MR) is 77.3 cm³/mol. The number of rotatable bonds is 5. The summed E-state index contributed by atoms with van der Waals surface area (Å²) in [4.78, 5) is 14.6. The fourth-order valence-corrected chi connectivity index (χ4v) is 2.13. The van der Waals surface area contributed by atoms with Crippen molar-refractivity contribution in [3.8, 4) is 0 Å². The van der Waals surface area contributed by atoms with Gasteiger partial charge in [-0.05, 0) is 41.4 Å². The lowest BCUT2D eigenvalue weighted by Gasteiger charge is -2.10. The highest BCUT2D eigenvalue weighted by molar-refractivity contribution is 9.10. The summed E-state index contributed by atoms with van der Waals surface area (Å²) >= 11 is 3.16. The zero-order valence-corrected chi connectivity index (χ0v) is 12.7. The van der Waals surface area contributed by atoms with Crippen LogP contribution in [0.25, 0.3) is 0 Å². The van der Waals surface area contributed by atoms with Crippen LogP contribution in [0, 0.1) is 17.0 Å². The molecule has 0 saturated carbocycles. The van der Waals surface area contributed by atoms with E-state index >= 15 is 0 Å². The standard InChI is InChI=1S/C13H14BrN3O3/c1-8-6-16-13(20-8)9(2)15-7-10-3-4-11(14)12(5-10)17(18)19/h3-6,9,15H,7H2,1-2H3. The van der Waals surface area contributed by atoms with E-state index in [9.17, 15) is 10.1 Å². The van der Waals surface area contributed by atoms with E-state index in [1.165, 1.54) is 0 Å². The van der Waals surface area contributed by atoms with Gasteiger partial charge in [-0.15, -0.1) is 0 Å². The summed E-state index contributed by atoms with van der Waals surface area (Å²) in [5.74, 6) is 1.36. The fraction of sp³-hybridized carbons (Fsp3) is 0.308. The molecule has 6 nitrogen and oxygen atoms in total. The van der Waals surface area contributed by atoms with Crippen LogP contribution < -0.4 is 5.32 Å². The van der Waals surface area contributed by atoms with Crippen molar-refractivity contribution in [3.05, 3.63) is 56.2 Å². The van der Waals surface area contributed by atoms with Crippen molar-refractivity contribution in [1.29, 1.82) is 0 Å². The molecule has 0 saturated heterocycles. The minimum Gasteiger partial charge on any atom is -0.444 e. The molecule has 0 aliphatic rings. The van der Waals surface area contributed by atoms with Gasteiger partial charge in [-0.2, -0.15) is 0 Å². The van der Waals surface area contributed by atoms with Crippen LogP contribution in [-0.2, 0) is 6.54 Å². The molecular weight excluding hydrogens is 326 g/mol. The van der Waals surface area contributed by atoms with Crippen LogP contribution in [0.1, 0.15) is 30.2 Å². The molecule has 0 bridgehead atoms. The predicted octanol–water partition coefficient (Wildman–Crippen LogP) is 3.50. The molecular formula is C13H14BrN3O3. The number of nitro groups is 1. The summed E-state index contributed by atoms with van der Waals surface area (Å²) in [6.07, 6.45) is 1.66. The van der Waals surface area contributed by atoms with E-state index in [0.717, 1.165) is 11.3 Å². The van der Waals surface area contributed by atoms with Crippen molar-refractivity contribution in [2.24, 2.45) is 0 Å². The molecule has 1 N–H and O–H groups in total. The Kier molecular flexibility index (Phi) is 4.51. The van der Waals surface area contributed by atoms with Gasteiger partial charge in [0.25, 0.3) is 5.69 Å². The summed E-state index contributed by atoms with van der Waals surface area (Å²) in [5, 5.41) is 14.1. The smallest absolute Gasteiger partial charge is 0.283 e. The van der Waals surface area contributed by atoms with Gasteiger partial charge in [-0.1, -0.05) is 6.07 Å². The lowest BCUT2D eigenvalue weighted by Crippen LogP contribution is -2.18. The average Bonchev–Trinajstić information content (AvgIpc) is 2.84. The lowest BCUT2D eigenvalue weighted by atomic mass is 10.2. The molecule has 1 unspecified atom stereocenters. The molecule has 1 aromatic carbocycles. The summed E-state index contributed by atoms with van der Waals surface area (Å²) in [7, 11) is 0. The molecule has 20 heavy (non-hydrogen) atoms. The number of nitro benzene ring substituents is 1. The molecule has 0 amide bonds. The van der Waals surface area contributed by atoms with Gasteiger partial charge in [0.2, 0.25) is 5.89 Å². The van der Waals surface area contributed by atoms with E-state index in [1.807, 2.05) is 19.9 Å². The molecule has 1 aromatic heterocycles. The Labute approximate surface area is 124 Å². The Morgan fingerprint density at radius 2 is 2.30 bits per heavy atom. The van der Waals surface area contributed by atoms with Crippen LogP contribution in [0.2, 0.25) is 0 Å². The molecule has 7 heteroatoms. The van der Waals surface area contributed by atoms with Gasteiger partial charge in [0.1, 0.15) is 5.76 Å². The first-order valence-corrected chi connectivity index (χ1v) is 6.85. The molecule has 106 valence electrons. The number of benzene rings is 1. The number of halogens is 1. The second-order valence-corrected chi connectivity index (χ2v) is 5.31. The number of nitrogens with zero attached hydrogens (tertiary/aromatic N) is 2. The van der Waals surface area contributed by atoms with E-state index in [1.54, 1.807) is 18.3 Å². The third kappa shape index (κ3) is 3.43. The lowest BCUT2D eigenvalue weighted by molar-refractivity contribution is -0.385. The summed E-state index contributed by atoms with van der Waals surface area (Å²) in [6, 6.07) is 4.99. The molecule has 0 aliphatic carbocycles. The minimum atomic E-state index is -0.408. The van der Waals surface area contributed by atoms with Crippen molar-refractivity contribution in [1.82, 2.24) is 10.3 Å². The summed E-state index contributed by atoms with van der Waals surface area (Å²) in [5.41, 5.74) is 0.888. The Balaban J connectivity index is 2.04. The van der Waals surface area contributed by atoms with E-state index < -0.39 is 4.92 Å². The average molecular weight is 340 g/mol. The number of hydrogen-bond acceptors (Lipinski definition) is 5. The maximum absolute atomic E-state index is 10.9. The number of aryl methyl sites for hydroxylation is 1. The normalized spacial score (nSPS) is 12.3. The topological polar surface area (TPSA) is 81.2 Å². The SMILES string of the molecule is Cc1cnc(C(C)NCc2ccc(Br)c([N+](=O)[O-])c2)o1. The van der Waals surface area contributed by atoms with Gasteiger partial charge in [-0.25, -0.2) is 4.98 Å². The molecule has 0 fully saturated rings. The number of aromatic nitrogens is 1. The monoisotopic (exact) mass is 339 g/mol. The Morgan fingerprint density at radius 1 is 1.55 bits per heavy atom. The summed E-state index contributed by atoms with van der Waals surface area (Å²) < 4.78 is 5.90. The van der Waals surface area contributed by atoms with Crippen molar-refractivity contribution >= 4 is 21.6 Å². The zero-order chi connectivity index (χ0) is 14.7. The third-order valence-corrected chi connectivity index (χ3v) is 3.50. The molecule has 1 heterocycles. The number of oxazole rings is 1. The molecule has 0 radical (unpaired) electrons. The van der Waals surface area contributed by atoms with Gasteiger partial charge in [0.15, 0.2) is 0 Å². The Hall–Kier alpha value is -1.73. The maximum Gasteiger partial charge on any atom is 0.283 e. The van der Waals surface area contributed by atoms with Crippen molar-refractivity contribution < 1.29 is 9.34 Å². The van der Waals surface area contributed by atoms with E-state index in [4.69, 9.17) is 4.42 Å². The third-order valence-electron chi connectivity index (χ3n) is 2.83. The number of nitrogens with one attached hydrogen (secondary N) is 1. The molecule has 0 aliphatic heterocycles. The van der Waals surface area contributed by atoms with Crippen LogP contribution in [-0.4, -0.2) is 9.91 Å². The minimum absolute atomic E-state index is 0.0592. The quantitative estimate of drug-likeness (QED) is 0.665. The van der Waals surface area contributed by atoms with Crippen LogP contribution in [0.15, 0.2) is 33.3 Å². The van der Waals surface area contributed by atoms with Crippen LogP contribution in [0.4, 0.5) is 5.69 Å². The van der Waals surface area contributed by atoms with Gasteiger partial charge < -0.3 is 9.73 Å². The van der Waals surface area contributed by atoms with Crippen molar-refractivity contribution in [2.75, 3.05) is 0 Å². The van der Waals surface area contributed by atoms with Crippen molar-refractivity contribution in [2.45, 2.75) is 26.4 Å². The van der Waals surface area contributed by atoms with Gasteiger partial charge in [-0.3, -0.25) is 10.1 Å². The number of hydrogen-bond donors (Lipinski definition) is 1. The van der Waals surface area contributed by atoms with E-state index in [-0.39, 0.29) is 11.7 Å². The zero-order valence-electron chi connectivity index (χ0n) is 11.1. The highest BCUT2D eigenvalue weighted by atomic mass is 79.9. The highest BCUT2D eigenvalue weighted by Gasteiger charge is 2.14. The van der Waals surface area contributed by atoms with Crippen molar-refractivity contribution in [3.63, 3.8) is 0 Å². The van der Waals surface area contributed by atoms with Gasteiger partial charge in [0.05, 0.1) is 21.6 Å². The van der Waals surface area contributed by atoms with E-state index in [0.29, 0.717) is 16.9 Å². The molecule has 2 rings (SSSR count). The molecule has 0 spiro atoms. The largest absolute Gasteiger partial charge is 0.444 e.